The van der Waals surface area contributed by atoms with E-state index in [1.54, 1.807) is 18.9 Å². The van der Waals surface area contributed by atoms with Crippen LogP contribution < -0.4 is 5.73 Å². The molecule has 4 fully saturated rings. The number of hydrogen-bond acceptors (Lipinski definition) is 8. The summed E-state index contributed by atoms with van der Waals surface area (Å²) in [6.45, 7) is 26.5. The van der Waals surface area contributed by atoms with Crippen molar-refractivity contribution in [3.05, 3.63) is 36.6 Å². The molecule has 1 unspecified atom stereocenters. The Balaban J connectivity index is 1.35. The second kappa shape index (κ2) is 12.7. The van der Waals surface area contributed by atoms with Gasteiger partial charge in [-0.15, -0.1) is 0 Å². The van der Waals surface area contributed by atoms with Crippen LogP contribution in [0.15, 0.2) is 36.6 Å². The highest BCUT2D eigenvalue weighted by atomic mass is 16.5. The van der Waals surface area contributed by atoms with Crippen molar-refractivity contribution in [2.24, 2.45) is 67.8 Å². The zero-order valence-corrected chi connectivity index (χ0v) is 34.3. The highest BCUT2D eigenvalue weighted by Gasteiger charge is 2.72. The van der Waals surface area contributed by atoms with Crippen molar-refractivity contribution in [3.8, 4) is 11.5 Å². The maximum atomic E-state index is 13.6. The van der Waals surface area contributed by atoms with E-state index in [9.17, 15) is 9.90 Å². The summed E-state index contributed by atoms with van der Waals surface area (Å²) in [5, 5.41) is 16.1. The molecule has 0 aromatic carbocycles. The molecule has 0 spiro atoms. The zero-order chi connectivity index (χ0) is 38.6. The van der Waals surface area contributed by atoms with Crippen molar-refractivity contribution in [1.29, 1.82) is 0 Å². The molecule has 3 heterocycles. The minimum atomic E-state index is -0.631. The number of nitrogens with two attached hydrogens (primary N) is 1. The van der Waals surface area contributed by atoms with E-state index in [1.165, 1.54) is 5.57 Å². The molecule has 1 saturated heterocycles. The predicted octanol–water partition coefficient (Wildman–Crippen LogP) is 8.01. The Morgan fingerprint density at radius 1 is 1.06 bits per heavy atom. The van der Waals surface area contributed by atoms with Crippen LogP contribution >= 0.6 is 0 Å². The summed E-state index contributed by atoms with van der Waals surface area (Å²) >= 11 is 0. The molecule has 10 nitrogen and oxygen atoms in total. The molecule has 2 aromatic rings. The van der Waals surface area contributed by atoms with Crippen molar-refractivity contribution in [2.75, 3.05) is 19.8 Å². The number of carboxylic acid groups (broad SMARTS) is 1. The van der Waals surface area contributed by atoms with Crippen LogP contribution in [0.5, 0.6) is 0 Å². The van der Waals surface area contributed by atoms with Gasteiger partial charge in [-0.3, -0.25) is 4.79 Å². The Morgan fingerprint density at radius 2 is 1.79 bits per heavy atom. The minimum Gasteiger partial charge on any atom is -0.481 e. The second-order valence-electron chi connectivity index (χ2n) is 20.6. The Morgan fingerprint density at radius 3 is 2.43 bits per heavy atom. The number of nitrogens with zero attached hydrogens (tertiary/aromatic N) is 5. The number of aliphatic carboxylic acids is 1. The minimum absolute atomic E-state index is 0.155. The van der Waals surface area contributed by atoms with Gasteiger partial charge >= 0.3 is 5.97 Å². The standard InChI is InChI=1S/C43H66N6O4/c1-26(2)27(3)38(7)17-18-40(9)28-12-13-32-39(8)21-52-23-43(32,29(28)14-16-41(40,10)33(38)36(50)51)20-31(34(39)53-22-42(11,44)37(4,5)6)49-35(47-25-48-49)30-15-19-45-24-46-30/h14-15,19,24-28,31-34H,12-13,16-18,20-23,44H2,1-11H3,(H,50,51)/t27-,28?,31-,32+,33-,34+,38-,39+,40-,41+,42+,43+/m1/s1. The molecular weight excluding hydrogens is 665 g/mol. The molecule has 3 saturated carbocycles. The molecule has 292 valence electrons. The van der Waals surface area contributed by atoms with E-state index >= 15 is 0 Å². The molecule has 7 rings (SSSR count). The summed E-state index contributed by atoms with van der Waals surface area (Å²) in [7, 11) is 0. The number of ether oxygens (including phenoxy) is 2. The van der Waals surface area contributed by atoms with Crippen molar-refractivity contribution >= 4 is 5.97 Å². The van der Waals surface area contributed by atoms with Gasteiger partial charge in [0, 0.05) is 22.6 Å². The first-order chi connectivity index (χ1) is 24.7. The van der Waals surface area contributed by atoms with Gasteiger partial charge in [-0.05, 0) is 96.8 Å². The van der Waals surface area contributed by atoms with Crippen LogP contribution in [0.2, 0.25) is 0 Å². The Bertz CT molecular complexity index is 1730. The average molecular weight is 731 g/mol. The summed E-state index contributed by atoms with van der Waals surface area (Å²) in [5.74, 6) is 0.956. The van der Waals surface area contributed by atoms with Gasteiger partial charge in [0.05, 0.1) is 37.9 Å². The van der Waals surface area contributed by atoms with Crippen LogP contribution in [-0.4, -0.2) is 67.3 Å². The maximum absolute atomic E-state index is 13.6. The number of aromatic nitrogens is 5. The average Bonchev–Trinajstić information content (AvgIpc) is 3.57. The van der Waals surface area contributed by atoms with Crippen LogP contribution in [0.25, 0.3) is 11.5 Å². The van der Waals surface area contributed by atoms with Crippen molar-refractivity contribution in [2.45, 2.75) is 132 Å². The topological polar surface area (TPSA) is 138 Å². The number of hydrogen-bond donors (Lipinski definition) is 2. The second-order valence-corrected chi connectivity index (χ2v) is 20.6. The highest BCUT2D eigenvalue weighted by Crippen LogP contribution is 2.75. The number of rotatable bonds is 8. The van der Waals surface area contributed by atoms with Crippen LogP contribution in [-0.2, 0) is 14.3 Å². The fourth-order valence-electron chi connectivity index (χ4n) is 12.7. The smallest absolute Gasteiger partial charge is 0.307 e. The number of fused-ring (bicyclic) bond motifs is 3. The van der Waals surface area contributed by atoms with Crippen molar-refractivity contribution in [1.82, 2.24) is 24.7 Å². The fraction of sp³-hybridized carbons (Fsp3) is 0.791. The van der Waals surface area contributed by atoms with Crippen LogP contribution in [0.4, 0.5) is 0 Å². The zero-order valence-electron chi connectivity index (χ0n) is 34.3. The van der Waals surface area contributed by atoms with Gasteiger partial charge in [-0.25, -0.2) is 19.6 Å². The van der Waals surface area contributed by atoms with Crippen LogP contribution in [0.1, 0.15) is 121 Å². The van der Waals surface area contributed by atoms with Crippen LogP contribution in [0.3, 0.4) is 0 Å². The maximum Gasteiger partial charge on any atom is 0.307 e. The quantitative estimate of drug-likeness (QED) is 0.259. The molecule has 0 radical (unpaired) electrons. The lowest BCUT2D eigenvalue weighted by atomic mass is 9.34. The molecular formula is C43H66N6O4. The molecule has 1 aliphatic heterocycles. The van der Waals surface area contributed by atoms with Crippen LogP contribution in [0, 0.1) is 62.1 Å². The predicted molar refractivity (Wildman–Crippen MR) is 205 cm³/mol. The largest absolute Gasteiger partial charge is 0.481 e. The van der Waals surface area contributed by atoms with E-state index in [-0.39, 0.29) is 50.6 Å². The van der Waals surface area contributed by atoms with E-state index in [0.717, 1.165) is 44.2 Å². The SMILES string of the molecule is CC(C)[C@@H](C)[C@@]1(C)CC[C@]2(C)C3CC[C@@H]4[C@@]5(COC[C@]4(C)[C@@H](OC[C@](C)(N)C(C)(C)C)[C@H](n4ncnc4-c4ccncn4)C5)C3=CC[C@@]2(C)[C@@H]1C(=O)O. The van der Waals surface area contributed by atoms with E-state index in [0.29, 0.717) is 43.4 Å². The van der Waals surface area contributed by atoms with Gasteiger partial charge in [0.25, 0.3) is 0 Å². The molecule has 3 N–H and O–H groups in total. The van der Waals surface area contributed by atoms with E-state index < -0.39 is 17.4 Å². The lowest BCUT2D eigenvalue weighted by molar-refractivity contribution is -0.253. The third-order valence-electron chi connectivity index (χ3n) is 17.1. The Hall–Kier alpha value is -2.69. The number of carboxylic acids is 1. The van der Waals surface area contributed by atoms with Gasteiger partial charge in [-0.1, -0.05) is 80.9 Å². The first-order valence-corrected chi connectivity index (χ1v) is 20.3. The van der Waals surface area contributed by atoms with E-state index in [2.05, 4.69) is 96.9 Å². The van der Waals surface area contributed by atoms with Gasteiger partial charge < -0.3 is 20.3 Å². The highest BCUT2D eigenvalue weighted by molar-refractivity contribution is 5.73. The molecule has 0 amide bonds. The molecule has 12 atom stereocenters. The normalized spacial score (nSPS) is 41.4. The van der Waals surface area contributed by atoms with Gasteiger partial charge in [0.2, 0.25) is 0 Å². The first-order valence-electron chi connectivity index (χ1n) is 20.3. The summed E-state index contributed by atoms with van der Waals surface area (Å²) in [6.07, 6.45) is 12.8. The van der Waals surface area contributed by atoms with E-state index in [1.807, 2.05) is 6.07 Å². The third kappa shape index (κ3) is 5.45. The third-order valence-corrected chi connectivity index (χ3v) is 17.1. The summed E-state index contributed by atoms with van der Waals surface area (Å²) < 4.78 is 16.0. The van der Waals surface area contributed by atoms with Gasteiger partial charge in [0.15, 0.2) is 5.82 Å². The number of carbonyl (C=O) groups is 1. The Labute approximate surface area is 317 Å². The first kappa shape index (κ1) is 38.6. The molecule has 4 aliphatic carbocycles. The molecule has 53 heavy (non-hydrogen) atoms. The monoisotopic (exact) mass is 731 g/mol. The summed E-state index contributed by atoms with van der Waals surface area (Å²) in [6, 6.07) is 1.73. The fourth-order valence-corrected chi connectivity index (χ4v) is 12.7. The Kier molecular flexibility index (Phi) is 9.22. The van der Waals surface area contributed by atoms with Crippen molar-refractivity contribution in [3.63, 3.8) is 0 Å². The lowest BCUT2D eigenvalue weighted by Crippen LogP contribution is -2.69. The summed E-state index contributed by atoms with van der Waals surface area (Å²) in [4.78, 5) is 27.1. The molecule has 2 aromatic heterocycles. The lowest BCUT2D eigenvalue weighted by Gasteiger charge is -2.71. The molecule has 10 heteroatoms. The molecule has 5 aliphatic rings. The molecule has 2 bridgehead atoms. The van der Waals surface area contributed by atoms with E-state index in [4.69, 9.17) is 25.3 Å². The van der Waals surface area contributed by atoms with Gasteiger partial charge in [0.1, 0.15) is 18.3 Å². The number of allylic oxidation sites excluding steroid dienone is 1. The summed E-state index contributed by atoms with van der Waals surface area (Å²) in [5.41, 5.74) is 7.07. The van der Waals surface area contributed by atoms with Crippen molar-refractivity contribution < 1.29 is 19.4 Å². The van der Waals surface area contributed by atoms with Gasteiger partial charge in [-0.2, -0.15) is 5.10 Å².